The number of halogens is 2. The van der Waals surface area contributed by atoms with Gasteiger partial charge in [-0.1, -0.05) is 19.9 Å². The Labute approximate surface area is 117 Å². The third-order valence-electron chi connectivity index (χ3n) is 2.94. The van der Waals surface area contributed by atoms with Crippen LogP contribution in [-0.2, 0) is 9.53 Å². The summed E-state index contributed by atoms with van der Waals surface area (Å²) in [5, 5.41) is 2.67. The molecule has 0 aliphatic rings. The van der Waals surface area contributed by atoms with Crippen molar-refractivity contribution in [3.63, 3.8) is 0 Å². The first-order chi connectivity index (χ1) is 9.36. The quantitative estimate of drug-likeness (QED) is 0.837. The van der Waals surface area contributed by atoms with Gasteiger partial charge in [-0.15, -0.1) is 0 Å². The van der Waals surface area contributed by atoms with Crippen molar-refractivity contribution >= 4 is 5.91 Å². The van der Waals surface area contributed by atoms with E-state index in [2.05, 4.69) is 5.32 Å². The molecule has 0 saturated heterocycles. The number of amides is 1. The zero-order valence-corrected chi connectivity index (χ0v) is 11.8. The lowest BCUT2D eigenvalue weighted by Crippen LogP contribution is -2.46. The van der Waals surface area contributed by atoms with Crippen LogP contribution in [0.2, 0.25) is 0 Å². The van der Waals surface area contributed by atoms with E-state index in [1.165, 1.54) is 13.2 Å². The Morgan fingerprint density at radius 2 is 2.05 bits per heavy atom. The minimum absolute atomic E-state index is 0.0720. The van der Waals surface area contributed by atoms with E-state index in [1.54, 1.807) is 0 Å². The second-order valence-electron chi connectivity index (χ2n) is 4.96. The van der Waals surface area contributed by atoms with Gasteiger partial charge in [0.05, 0.1) is 12.6 Å². The summed E-state index contributed by atoms with van der Waals surface area (Å²) in [5.74, 6) is -1.86. The number of rotatable bonds is 6. The summed E-state index contributed by atoms with van der Waals surface area (Å²) in [5.41, 5.74) is 5.86. The predicted molar refractivity (Wildman–Crippen MR) is 71.9 cm³/mol. The molecule has 0 aliphatic heterocycles. The molecule has 1 rings (SSSR count). The zero-order chi connectivity index (χ0) is 15.3. The van der Waals surface area contributed by atoms with E-state index in [1.807, 2.05) is 13.8 Å². The maximum atomic E-state index is 13.8. The van der Waals surface area contributed by atoms with E-state index >= 15 is 0 Å². The van der Waals surface area contributed by atoms with Crippen LogP contribution in [0.4, 0.5) is 8.78 Å². The topological polar surface area (TPSA) is 64.3 Å². The van der Waals surface area contributed by atoms with Crippen LogP contribution in [0.15, 0.2) is 18.2 Å². The Morgan fingerprint density at radius 1 is 1.40 bits per heavy atom. The van der Waals surface area contributed by atoms with Gasteiger partial charge in [0.2, 0.25) is 5.91 Å². The van der Waals surface area contributed by atoms with Gasteiger partial charge in [0.25, 0.3) is 0 Å². The van der Waals surface area contributed by atoms with Crippen molar-refractivity contribution in [1.82, 2.24) is 5.32 Å². The fourth-order valence-corrected chi connectivity index (χ4v) is 1.87. The van der Waals surface area contributed by atoms with Crippen LogP contribution in [0.3, 0.4) is 0 Å². The lowest BCUT2D eigenvalue weighted by Gasteiger charge is -2.25. The smallest absolute Gasteiger partial charge is 0.239 e. The Bertz CT molecular complexity index is 466. The Balaban J connectivity index is 2.92. The highest BCUT2D eigenvalue weighted by Gasteiger charge is 2.24. The number of methoxy groups -OCH3 is 1. The number of benzene rings is 1. The molecule has 1 aromatic rings. The third kappa shape index (κ3) is 4.25. The van der Waals surface area contributed by atoms with Crippen LogP contribution in [0.1, 0.15) is 25.5 Å². The van der Waals surface area contributed by atoms with Crippen molar-refractivity contribution in [2.75, 3.05) is 13.7 Å². The highest BCUT2D eigenvalue weighted by atomic mass is 19.1. The fourth-order valence-electron chi connectivity index (χ4n) is 1.87. The van der Waals surface area contributed by atoms with Crippen molar-refractivity contribution in [2.45, 2.75) is 25.9 Å². The lowest BCUT2D eigenvalue weighted by molar-refractivity contribution is -0.124. The van der Waals surface area contributed by atoms with Crippen LogP contribution in [0.5, 0.6) is 0 Å². The summed E-state index contributed by atoms with van der Waals surface area (Å²) in [6, 6.07) is 1.88. The Kier molecular flexibility index (Phi) is 6.04. The second-order valence-corrected chi connectivity index (χ2v) is 4.96. The minimum Gasteiger partial charge on any atom is -0.383 e. The van der Waals surface area contributed by atoms with Crippen molar-refractivity contribution in [2.24, 2.45) is 11.7 Å². The number of carbonyl (C=O) groups excluding carboxylic acids is 1. The maximum absolute atomic E-state index is 13.8. The molecule has 0 aliphatic carbocycles. The number of carbonyl (C=O) groups is 1. The van der Waals surface area contributed by atoms with Crippen molar-refractivity contribution in [1.29, 1.82) is 0 Å². The lowest BCUT2D eigenvalue weighted by atomic mass is 9.95. The largest absolute Gasteiger partial charge is 0.383 e. The minimum atomic E-state index is -0.829. The van der Waals surface area contributed by atoms with Gasteiger partial charge in [0.15, 0.2) is 0 Å². The van der Waals surface area contributed by atoms with Crippen molar-refractivity contribution < 1.29 is 18.3 Å². The van der Waals surface area contributed by atoms with E-state index in [0.717, 1.165) is 12.1 Å². The third-order valence-corrected chi connectivity index (χ3v) is 2.94. The molecule has 1 aromatic carbocycles. The molecule has 0 radical (unpaired) electrons. The van der Waals surface area contributed by atoms with E-state index in [0.29, 0.717) is 0 Å². The molecule has 0 aromatic heterocycles. The second kappa shape index (κ2) is 7.31. The molecule has 20 heavy (non-hydrogen) atoms. The molecular weight excluding hydrogens is 266 g/mol. The van der Waals surface area contributed by atoms with Gasteiger partial charge in [-0.25, -0.2) is 8.78 Å². The van der Waals surface area contributed by atoms with E-state index in [4.69, 9.17) is 10.5 Å². The van der Waals surface area contributed by atoms with Crippen molar-refractivity contribution in [3.8, 4) is 0 Å². The highest BCUT2D eigenvalue weighted by molar-refractivity contribution is 5.82. The van der Waals surface area contributed by atoms with Crippen LogP contribution >= 0.6 is 0 Å². The number of nitrogens with two attached hydrogens (primary N) is 1. The number of ether oxygens (including phenoxy) is 1. The molecule has 2 unspecified atom stereocenters. The van der Waals surface area contributed by atoms with Crippen LogP contribution in [0.25, 0.3) is 0 Å². The molecule has 0 fully saturated rings. The molecule has 3 N–H and O–H groups in total. The van der Waals surface area contributed by atoms with Gasteiger partial charge in [-0.3, -0.25) is 4.79 Å². The molecule has 6 heteroatoms. The number of nitrogens with one attached hydrogen (secondary N) is 1. The predicted octanol–water partition coefficient (Wildman–Crippen LogP) is 1.75. The number of hydrogen-bond acceptors (Lipinski definition) is 3. The molecule has 112 valence electrons. The average molecular weight is 286 g/mol. The monoisotopic (exact) mass is 286 g/mol. The Morgan fingerprint density at radius 3 is 2.55 bits per heavy atom. The molecule has 4 nitrogen and oxygen atoms in total. The van der Waals surface area contributed by atoms with Crippen LogP contribution in [-0.4, -0.2) is 25.7 Å². The number of hydrogen-bond donors (Lipinski definition) is 2. The average Bonchev–Trinajstić information content (AvgIpc) is 2.36. The molecule has 0 saturated carbocycles. The van der Waals surface area contributed by atoms with Gasteiger partial charge in [0, 0.05) is 18.7 Å². The molecule has 0 heterocycles. The molecule has 2 atom stereocenters. The fraction of sp³-hybridized carbons (Fsp3) is 0.500. The SMILES string of the molecule is COCC(N)C(=O)NC(c1ccc(F)cc1F)C(C)C. The summed E-state index contributed by atoms with van der Waals surface area (Å²) >= 11 is 0. The Hall–Kier alpha value is -1.53. The van der Waals surface area contributed by atoms with Gasteiger partial charge < -0.3 is 15.8 Å². The highest BCUT2D eigenvalue weighted by Crippen LogP contribution is 2.24. The molecular formula is C14H20F2N2O2. The molecule has 1 amide bonds. The summed E-state index contributed by atoms with van der Waals surface area (Å²) in [6.07, 6.45) is 0. The molecule has 0 spiro atoms. The van der Waals surface area contributed by atoms with E-state index in [-0.39, 0.29) is 18.1 Å². The summed E-state index contributed by atoms with van der Waals surface area (Å²) < 4.78 is 31.6. The van der Waals surface area contributed by atoms with Gasteiger partial charge >= 0.3 is 0 Å². The van der Waals surface area contributed by atoms with Crippen LogP contribution < -0.4 is 11.1 Å². The van der Waals surface area contributed by atoms with Gasteiger partial charge in [-0.2, -0.15) is 0 Å². The summed E-state index contributed by atoms with van der Waals surface area (Å²) in [6.45, 7) is 3.73. The zero-order valence-electron chi connectivity index (χ0n) is 11.8. The van der Waals surface area contributed by atoms with E-state index in [9.17, 15) is 13.6 Å². The van der Waals surface area contributed by atoms with Gasteiger partial charge in [0.1, 0.15) is 17.7 Å². The van der Waals surface area contributed by atoms with Crippen LogP contribution in [0, 0.1) is 17.6 Å². The van der Waals surface area contributed by atoms with E-state index < -0.39 is 29.6 Å². The molecule has 0 bridgehead atoms. The maximum Gasteiger partial charge on any atom is 0.239 e. The summed E-state index contributed by atoms with van der Waals surface area (Å²) in [4.78, 5) is 11.9. The standard InChI is InChI=1S/C14H20F2N2O2/c1-8(2)13(18-14(19)12(17)7-20-3)10-5-4-9(15)6-11(10)16/h4-6,8,12-13H,7,17H2,1-3H3,(H,18,19). The summed E-state index contributed by atoms with van der Waals surface area (Å²) in [7, 11) is 1.44. The normalized spacial score (nSPS) is 14.2. The van der Waals surface area contributed by atoms with Crippen molar-refractivity contribution in [3.05, 3.63) is 35.4 Å². The first-order valence-corrected chi connectivity index (χ1v) is 6.36. The first kappa shape index (κ1) is 16.5. The van der Waals surface area contributed by atoms with Gasteiger partial charge in [-0.05, 0) is 12.0 Å². The first-order valence-electron chi connectivity index (χ1n) is 6.36.